The first kappa shape index (κ1) is 23.1. The van der Waals surface area contributed by atoms with Crippen LogP contribution in [0.4, 0.5) is 0 Å². The zero-order valence-corrected chi connectivity index (χ0v) is 20.6. The molecule has 1 aliphatic carbocycles. The molecule has 0 bridgehead atoms. The van der Waals surface area contributed by atoms with E-state index in [1.54, 1.807) is 34.0 Å². The Kier molecular flexibility index (Phi) is 7.32. The molecule has 3 aromatic heterocycles. The number of hydrogen-bond acceptors (Lipinski definition) is 7. The number of pyridine rings is 1. The first-order valence-corrected chi connectivity index (χ1v) is 13.5. The normalized spacial score (nSPS) is 19.9. The molecular formula is C25H28N4O3S2. The molecule has 1 aliphatic heterocycles. The van der Waals surface area contributed by atoms with Crippen LogP contribution in [0.1, 0.15) is 48.2 Å². The Bertz CT molecular complexity index is 1100. The Hall–Kier alpha value is -2.62. The molecule has 7 nitrogen and oxygen atoms in total. The predicted octanol–water partition coefficient (Wildman–Crippen LogP) is 4.47. The molecule has 0 N–H and O–H groups in total. The fraction of sp³-hybridized carbons (Fsp3) is 0.440. The molecule has 178 valence electrons. The van der Waals surface area contributed by atoms with E-state index in [9.17, 15) is 9.59 Å². The standard InChI is InChI=1S/C25H28N4O3S2/c30-23-15-28(25(31)21-17-34-24(27-21)22-9-5-11-33-22)13-20(32-16-18-6-4-10-26-12-18)14-29(23)19-7-2-1-3-8-19/h4-6,9-12,17,19-20H,1-3,7-8,13-16H2. The summed E-state index contributed by atoms with van der Waals surface area (Å²) < 4.78 is 6.25. The van der Waals surface area contributed by atoms with E-state index in [1.807, 2.05) is 34.5 Å². The smallest absolute Gasteiger partial charge is 0.273 e. The van der Waals surface area contributed by atoms with Crippen molar-refractivity contribution in [3.63, 3.8) is 0 Å². The van der Waals surface area contributed by atoms with Gasteiger partial charge in [0.1, 0.15) is 17.2 Å². The number of thiazole rings is 1. The molecule has 1 saturated heterocycles. The minimum atomic E-state index is -0.270. The van der Waals surface area contributed by atoms with Crippen LogP contribution in [0.15, 0.2) is 47.4 Å². The first-order chi connectivity index (χ1) is 16.7. The summed E-state index contributed by atoms with van der Waals surface area (Å²) in [5, 5.41) is 4.61. The average molecular weight is 497 g/mol. The largest absolute Gasteiger partial charge is 0.370 e. The molecule has 34 heavy (non-hydrogen) atoms. The van der Waals surface area contributed by atoms with E-state index in [4.69, 9.17) is 4.74 Å². The summed E-state index contributed by atoms with van der Waals surface area (Å²) in [7, 11) is 0. The quantitative estimate of drug-likeness (QED) is 0.503. The van der Waals surface area contributed by atoms with Crippen LogP contribution in [-0.2, 0) is 16.1 Å². The van der Waals surface area contributed by atoms with Crippen LogP contribution >= 0.6 is 22.7 Å². The van der Waals surface area contributed by atoms with Gasteiger partial charge in [-0.1, -0.05) is 31.4 Å². The third-order valence-electron chi connectivity index (χ3n) is 6.44. The van der Waals surface area contributed by atoms with E-state index in [-0.39, 0.29) is 30.5 Å². The molecule has 5 rings (SSSR count). The van der Waals surface area contributed by atoms with Crippen LogP contribution in [0.25, 0.3) is 9.88 Å². The van der Waals surface area contributed by atoms with Crippen molar-refractivity contribution in [3.8, 4) is 9.88 Å². The Balaban J connectivity index is 1.34. The zero-order chi connectivity index (χ0) is 23.3. The maximum Gasteiger partial charge on any atom is 0.273 e. The summed E-state index contributed by atoms with van der Waals surface area (Å²) >= 11 is 3.05. The second kappa shape index (κ2) is 10.8. The number of amides is 2. The van der Waals surface area contributed by atoms with Crippen LogP contribution in [0.2, 0.25) is 0 Å². The SMILES string of the molecule is O=C(c1csc(-c2cccs2)n1)N1CC(=O)N(C2CCCCC2)CC(OCc2cccnc2)C1. The molecule has 0 spiro atoms. The molecule has 2 amide bonds. The van der Waals surface area contributed by atoms with Crippen LogP contribution in [0, 0.1) is 0 Å². The lowest BCUT2D eigenvalue weighted by Gasteiger charge is -2.34. The molecule has 1 atom stereocenters. The van der Waals surface area contributed by atoms with Gasteiger partial charge in [0.15, 0.2) is 0 Å². The van der Waals surface area contributed by atoms with Crippen LogP contribution in [0.3, 0.4) is 0 Å². The van der Waals surface area contributed by atoms with E-state index in [0.29, 0.717) is 25.4 Å². The van der Waals surface area contributed by atoms with Crippen LogP contribution in [-0.4, -0.2) is 63.4 Å². The second-order valence-corrected chi connectivity index (χ2v) is 10.6. The number of rotatable bonds is 6. The second-order valence-electron chi connectivity index (χ2n) is 8.83. The summed E-state index contributed by atoms with van der Waals surface area (Å²) in [6.07, 6.45) is 8.79. The minimum absolute atomic E-state index is 0.00133. The van der Waals surface area contributed by atoms with Crippen molar-refractivity contribution in [2.75, 3.05) is 19.6 Å². The van der Waals surface area contributed by atoms with E-state index < -0.39 is 0 Å². The van der Waals surface area contributed by atoms with E-state index in [1.165, 1.54) is 17.8 Å². The summed E-state index contributed by atoms with van der Waals surface area (Å²) in [5.74, 6) is -0.214. The van der Waals surface area contributed by atoms with Gasteiger partial charge in [-0.3, -0.25) is 14.6 Å². The van der Waals surface area contributed by atoms with E-state index in [2.05, 4.69) is 9.97 Å². The molecule has 0 radical (unpaired) electrons. The fourth-order valence-electron chi connectivity index (χ4n) is 4.69. The molecule has 0 aromatic carbocycles. The number of hydrogen-bond donors (Lipinski definition) is 0. The highest BCUT2D eigenvalue weighted by molar-refractivity contribution is 7.20. The number of nitrogens with zero attached hydrogens (tertiary/aromatic N) is 4. The summed E-state index contributed by atoms with van der Waals surface area (Å²) in [5.41, 5.74) is 1.36. The third kappa shape index (κ3) is 5.37. The summed E-state index contributed by atoms with van der Waals surface area (Å²) in [6, 6.07) is 8.05. The topological polar surface area (TPSA) is 75.6 Å². The van der Waals surface area contributed by atoms with E-state index >= 15 is 0 Å². The van der Waals surface area contributed by atoms with Crippen molar-refractivity contribution < 1.29 is 14.3 Å². The van der Waals surface area contributed by atoms with Gasteiger partial charge < -0.3 is 14.5 Å². The molecular weight excluding hydrogens is 468 g/mol. The Morgan fingerprint density at radius 2 is 2.00 bits per heavy atom. The van der Waals surface area contributed by atoms with Crippen molar-refractivity contribution in [2.24, 2.45) is 0 Å². The van der Waals surface area contributed by atoms with Gasteiger partial charge in [0.25, 0.3) is 5.91 Å². The van der Waals surface area contributed by atoms with Gasteiger partial charge in [-0.05, 0) is 35.9 Å². The molecule has 2 aliphatic rings. The van der Waals surface area contributed by atoms with Gasteiger partial charge in [-0.25, -0.2) is 4.98 Å². The number of ether oxygens (including phenoxy) is 1. The number of aromatic nitrogens is 2. The van der Waals surface area contributed by atoms with Gasteiger partial charge in [0.05, 0.1) is 17.6 Å². The van der Waals surface area contributed by atoms with E-state index in [0.717, 1.165) is 41.1 Å². The van der Waals surface area contributed by atoms with Gasteiger partial charge in [0, 0.05) is 36.9 Å². The maximum atomic E-state index is 13.4. The number of carbonyl (C=O) groups is 2. The number of carbonyl (C=O) groups excluding carboxylic acids is 2. The van der Waals surface area contributed by atoms with Crippen molar-refractivity contribution >= 4 is 34.5 Å². The zero-order valence-electron chi connectivity index (χ0n) is 19.0. The lowest BCUT2D eigenvalue weighted by molar-refractivity contribution is -0.134. The summed E-state index contributed by atoms with van der Waals surface area (Å²) in [4.78, 5) is 40.1. The van der Waals surface area contributed by atoms with Crippen LogP contribution < -0.4 is 0 Å². The monoisotopic (exact) mass is 496 g/mol. The molecule has 4 heterocycles. The molecule has 1 saturated carbocycles. The minimum Gasteiger partial charge on any atom is -0.370 e. The number of thiophene rings is 1. The van der Waals surface area contributed by atoms with Gasteiger partial charge >= 0.3 is 0 Å². The molecule has 9 heteroatoms. The third-order valence-corrected chi connectivity index (χ3v) is 8.32. The van der Waals surface area contributed by atoms with Crippen molar-refractivity contribution in [3.05, 3.63) is 58.7 Å². The van der Waals surface area contributed by atoms with Gasteiger partial charge in [0.2, 0.25) is 5.91 Å². The van der Waals surface area contributed by atoms with Crippen molar-refractivity contribution in [1.29, 1.82) is 0 Å². The summed E-state index contributed by atoms with van der Waals surface area (Å²) in [6.45, 7) is 1.32. The van der Waals surface area contributed by atoms with Crippen molar-refractivity contribution in [1.82, 2.24) is 19.8 Å². The lowest BCUT2D eigenvalue weighted by Crippen LogP contribution is -2.46. The molecule has 1 unspecified atom stereocenters. The predicted molar refractivity (Wildman–Crippen MR) is 133 cm³/mol. The molecule has 2 fully saturated rings. The highest BCUT2D eigenvalue weighted by Gasteiger charge is 2.35. The highest BCUT2D eigenvalue weighted by atomic mass is 32.1. The maximum absolute atomic E-state index is 13.4. The molecule has 3 aromatic rings. The fourth-order valence-corrected chi connectivity index (χ4v) is 6.30. The Morgan fingerprint density at radius 1 is 1.12 bits per heavy atom. The van der Waals surface area contributed by atoms with Crippen LogP contribution in [0.5, 0.6) is 0 Å². The van der Waals surface area contributed by atoms with Gasteiger partial charge in [-0.2, -0.15) is 0 Å². The Morgan fingerprint density at radius 3 is 2.76 bits per heavy atom. The lowest BCUT2D eigenvalue weighted by atomic mass is 9.94. The Labute approximate surface area is 207 Å². The first-order valence-electron chi connectivity index (χ1n) is 11.8. The van der Waals surface area contributed by atoms with Crippen molar-refractivity contribution in [2.45, 2.75) is 50.9 Å². The highest BCUT2D eigenvalue weighted by Crippen LogP contribution is 2.29. The average Bonchev–Trinajstić information content (AvgIpc) is 3.55. The van der Waals surface area contributed by atoms with Gasteiger partial charge in [-0.15, -0.1) is 22.7 Å².